The Morgan fingerprint density at radius 3 is 2.62 bits per heavy atom. The van der Waals surface area contributed by atoms with Crippen LogP contribution in [0.2, 0.25) is 0 Å². The van der Waals surface area contributed by atoms with Crippen LogP contribution in [0.25, 0.3) is 0 Å². The third kappa shape index (κ3) is 3.29. The van der Waals surface area contributed by atoms with Crippen molar-refractivity contribution in [3.05, 3.63) is 47.9 Å². The molecule has 2 heterocycles. The molecule has 0 atom stereocenters. The number of hydrogen-bond acceptors (Lipinski definition) is 5. The smallest absolute Gasteiger partial charge is 0.235 e. The van der Waals surface area contributed by atoms with Gasteiger partial charge in [0.05, 0.1) is 32.0 Å². The first-order chi connectivity index (χ1) is 11.5. The van der Waals surface area contributed by atoms with E-state index >= 15 is 0 Å². The fourth-order valence-corrected chi connectivity index (χ4v) is 2.51. The molecule has 0 unspecified atom stereocenters. The molecular weight excluding hydrogens is 310 g/mol. The van der Waals surface area contributed by atoms with Crippen LogP contribution in [0.4, 0.5) is 5.69 Å². The Kier molecular flexibility index (Phi) is 4.59. The van der Waals surface area contributed by atoms with Crippen molar-refractivity contribution < 1.29 is 23.4 Å². The first-order valence-corrected chi connectivity index (χ1v) is 7.74. The maximum absolute atomic E-state index is 12.7. The molecule has 1 aromatic carbocycles. The summed E-state index contributed by atoms with van der Waals surface area (Å²) in [5.74, 6) is 1.21. The second kappa shape index (κ2) is 6.67. The molecule has 1 aromatic heterocycles. The van der Waals surface area contributed by atoms with Crippen LogP contribution in [0.1, 0.15) is 24.5 Å². The van der Waals surface area contributed by atoms with Crippen molar-refractivity contribution in [3.63, 3.8) is 0 Å². The van der Waals surface area contributed by atoms with Gasteiger partial charge in [0.1, 0.15) is 5.75 Å². The summed E-state index contributed by atoms with van der Waals surface area (Å²) < 4.78 is 21.8. The lowest BCUT2D eigenvalue weighted by Gasteiger charge is -2.35. The van der Waals surface area contributed by atoms with E-state index in [0.717, 1.165) is 17.0 Å². The monoisotopic (exact) mass is 331 g/mol. The lowest BCUT2D eigenvalue weighted by atomic mass is 9.90. The molecule has 1 N–H and O–H groups in total. The van der Waals surface area contributed by atoms with Gasteiger partial charge in [-0.1, -0.05) is 0 Å². The van der Waals surface area contributed by atoms with Gasteiger partial charge in [0.2, 0.25) is 12.2 Å². The van der Waals surface area contributed by atoms with Gasteiger partial charge in [0, 0.05) is 5.69 Å². The Hall–Kier alpha value is -2.31. The molecule has 0 radical (unpaired) electrons. The number of methoxy groups -OCH3 is 1. The number of furan rings is 1. The highest BCUT2D eigenvalue weighted by Gasteiger charge is 2.40. The number of benzene rings is 1. The summed E-state index contributed by atoms with van der Waals surface area (Å²) in [7, 11) is 1.61. The summed E-state index contributed by atoms with van der Waals surface area (Å²) in [5.41, 5.74) is 0.905. The number of anilines is 1. The number of carbonyl (C=O) groups is 1. The molecule has 1 fully saturated rings. The first-order valence-electron chi connectivity index (χ1n) is 7.74. The number of ether oxygens (including phenoxy) is 3. The molecule has 0 spiro atoms. The van der Waals surface area contributed by atoms with Crippen LogP contribution >= 0.6 is 0 Å². The normalized spacial score (nSPS) is 23.7. The molecule has 1 aliphatic rings. The Morgan fingerprint density at radius 2 is 2.04 bits per heavy atom. The van der Waals surface area contributed by atoms with Gasteiger partial charge in [0.15, 0.2) is 5.76 Å². The zero-order chi connectivity index (χ0) is 17.2. The number of nitrogens with one attached hydrogen (secondary N) is 1. The second-order valence-electron chi connectivity index (χ2n) is 6.16. The maximum atomic E-state index is 12.7. The van der Waals surface area contributed by atoms with Crippen LogP contribution in [0.3, 0.4) is 0 Å². The predicted octanol–water partition coefficient (Wildman–Crippen LogP) is 3.29. The largest absolute Gasteiger partial charge is 0.497 e. The van der Waals surface area contributed by atoms with Gasteiger partial charge >= 0.3 is 0 Å². The molecule has 0 bridgehead atoms. The van der Waals surface area contributed by atoms with Gasteiger partial charge in [-0.3, -0.25) is 4.79 Å². The average Bonchev–Trinajstić information content (AvgIpc) is 3.11. The van der Waals surface area contributed by atoms with E-state index in [-0.39, 0.29) is 19.1 Å². The fourth-order valence-electron chi connectivity index (χ4n) is 2.51. The van der Waals surface area contributed by atoms with Crippen molar-refractivity contribution in [1.29, 1.82) is 0 Å². The van der Waals surface area contributed by atoms with Crippen LogP contribution in [0.15, 0.2) is 41.0 Å². The van der Waals surface area contributed by atoms with Gasteiger partial charge in [-0.2, -0.15) is 0 Å². The summed E-state index contributed by atoms with van der Waals surface area (Å²) in [6.45, 7) is 4.24. The Balaban J connectivity index is 1.65. The highest BCUT2D eigenvalue weighted by Crippen LogP contribution is 2.33. The molecule has 1 saturated heterocycles. The lowest BCUT2D eigenvalue weighted by molar-refractivity contribution is -0.232. The third-order valence-corrected chi connectivity index (χ3v) is 4.11. The fraction of sp³-hybridized carbons (Fsp3) is 0.389. The highest BCUT2D eigenvalue weighted by atomic mass is 16.7. The number of rotatable bonds is 4. The number of amides is 1. The van der Waals surface area contributed by atoms with Crippen molar-refractivity contribution in [2.45, 2.75) is 20.1 Å². The topological polar surface area (TPSA) is 69.9 Å². The molecule has 2 aromatic rings. The van der Waals surface area contributed by atoms with Crippen molar-refractivity contribution in [2.75, 3.05) is 25.6 Å². The Morgan fingerprint density at radius 1 is 1.29 bits per heavy atom. The van der Waals surface area contributed by atoms with Gasteiger partial charge < -0.3 is 23.9 Å². The van der Waals surface area contributed by atoms with Crippen LogP contribution in [-0.2, 0) is 14.3 Å². The van der Waals surface area contributed by atoms with E-state index in [1.54, 1.807) is 25.5 Å². The molecule has 128 valence electrons. The minimum absolute atomic E-state index is 0.145. The first kappa shape index (κ1) is 16.5. The molecule has 0 aliphatic carbocycles. The molecule has 0 saturated carbocycles. The zero-order valence-electron chi connectivity index (χ0n) is 14.0. The molecule has 3 rings (SSSR count). The zero-order valence-corrected chi connectivity index (χ0v) is 14.0. The molecule has 1 amide bonds. The number of aryl methyl sites for hydroxylation is 1. The molecule has 24 heavy (non-hydrogen) atoms. The van der Waals surface area contributed by atoms with E-state index in [0.29, 0.717) is 5.76 Å². The average molecular weight is 331 g/mol. The quantitative estimate of drug-likeness (QED) is 0.931. The van der Waals surface area contributed by atoms with Gasteiger partial charge in [-0.25, -0.2) is 0 Å². The predicted molar refractivity (Wildman–Crippen MR) is 87.8 cm³/mol. The Labute approximate surface area is 140 Å². The number of hydrogen-bond donors (Lipinski definition) is 1. The van der Waals surface area contributed by atoms with E-state index < -0.39 is 11.7 Å². The molecule has 6 heteroatoms. The van der Waals surface area contributed by atoms with E-state index in [1.807, 2.05) is 32.0 Å². The van der Waals surface area contributed by atoms with Crippen LogP contribution in [-0.4, -0.2) is 26.2 Å². The van der Waals surface area contributed by atoms with E-state index in [1.165, 1.54) is 0 Å². The molecule has 6 nitrogen and oxygen atoms in total. The second-order valence-corrected chi connectivity index (χ2v) is 6.16. The van der Waals surface area contributed by atoms with E-state index in [9.17, 15) is 4.79 Å². The van der Waals surface area contributed by atoms with Gasteiger partial charge in [-0.05, 0) is 49.7 Å². The van der Waals surface area contributed by atoms with Crippen LogP contribution in [0.5, 0.6) is 5.75 Å². The third-order valence-electron chi connectivity index (χ3n) is 4.11. The summed E-state index contributed by atoms with van der Waals surface area (Å²) in [6, 6.07) is 9.07. The Bertz CT molecular complexity index is 702. The van der Waals surface area contributed by atoms with Crippen molar-refractivity contribution >= 4 is 11.6 Å². The van der Waals surface area contributed by atoms with Crippen molar-refractivity contribution in [3.8, 4) is 5.75 Å². The summed E-state index contributed by atoms with van der Waals surface area (Å²) in [4.78, 5) is 12.7. The summed E-state index contributed by atoms with van der Waals surface area (Å²) >= 11 is 0. The van der Waals surface area contributed by atoms with E-state index in [4.69, 9.17) is 18.6 Å². The highest BCUT2D eigenvalue weighted by molar-refractivity contribution is 5.96. The van der Waals surface area contributed by atoms with E-state index in [2.05, 4.69) is 5.32 Å². The minimum atomic E-state index is -0.768. The van der Waals surface area contributed by atoms with Crippen LogP contribution < -0.4 is 10.1 Å². The molecular formula is C18H21NO5. The van der Waals surface area contributed by atoms with Gasteiger partial charge in [-0.15, -0.1) is 0 Å². The van der Waals surface area contributed by atoms with Gasteiger partial charge in [0.25, 0.3) is 0 Å². The summed E-state index contributed by atoms with van der Waals surface area (Å²) in [5, 5.41) is 2.94. The SMILES string of the molecule is COc1ccc(NC(=O)C2(C)COC(c3ccco3)OC2)c(C)c1. The van der Waals surface area contributed by atoms with Crippen LogP contribution in [0, 0.1) is 12.3 Å². The summed E-state index contributed by atoms with van der Waals surface area (Å²) in [6.07, 6.45) is 0.998. The maximum Gasteiger partial charge on any atom is 0.235 e. The van der Waals surface area contributed by atoms with Crippen molar-refractivity contribution in [2.24, 2.45) is 5.41 Å². The number of carbonyl (C=O) groups excluding carboxylic acids is 1. The minimum Gasteiger partial charge on any atom is -0.497 e. The molecule has 1 aliphatic heterocycles. The van der Waals surface area contributed by atoms with Crippen molar-refractivity contribution in [1.82, 2.24) is 0 Å². The standard InChI is InChI=1S/C18H21NO5/c1-12-9-13(21-3)6-7-14(12)19-17(20)18(2)10-23-16(24-11-18)15-5-4-8-22-15/h4-9,16H,10-11H2,1-3H3,(H,19,20). The lowest BCUT2D eigenvalue weighted by Crippen LogP contribution is -2.45.